The van der Waals surface area contributed by atoms with E-state index in [-0.39, 0.29) is 12.2 Å². The highest BCUT2D eigenvalue weighted by Gasteiger charge is 2.24. The van der Waals surface area contributed by atoms with Crippen LogP contribution in [0.5, 0.6) is 5.75 Å². The number of hydrogen-bond donors (Lipinski definition) is 0. The molecule has 4 heteroatoms. The second-order valence-corrected chi connectivity index (χ2v) is 5.09. The van der Waals surface area contributed by atoms with Crippen molar-refractivity contribution in [1.82, 2.24) is 4.90 Å². The Kier molecular flexibility index (Phi) is 4.19. The van der Waals surface area contributed by atoms with Gasteiger partial charge in [0.15, 0.2) is 0 Å². The van der Waals surface area contributed by atoms with Crippen molar-refractivity contribution in [2.24, 2.45) is 0 Å². The van der Waals surface area contributed by atoms with Crippen LogP contribution in [0.3, 0.4) is 0 Å². The van der Waals surface area contributed by atoms with Crippen molar-refractivity contribution >= 4 is 17.2 Å². The summed E-state index contributed by atoms with van der Waals surface area (Å²) in [5.41, 5.74) is 1.03. The van der Waals surface area contributed by atoms with Crippen LogP contribution in [-0.2, 0) is 4.74 Å². The lowest BCUT2D eigenvalue weighted by atomic mass is 10.1. The third-order valence-corrected chi connectivity index (χ3v) is 3.52. The Morgan fingerprint density at radius 2 is 2.00 bits per heavy atom. The molecule has 0 unspecified atom stereocenters. The maximum atomic E-state index is 5.72. The topological polar surface area (TPSA) is 21.7 Å². The summed E-state index contributed by atoms with van der Waals surface area (Å²) < 4.78 is 11.0. The summed E-state index contributed by atoms with van der Waals surface area (Å²) in [4.78, 5) is 3.08. The minimum absolute atomic E-state index is 0.220. The van der Waals surface area contributed by atoms with Crippen molar-refractivity contribution in [2.75, 3.05) is 20.2 Å². The predicted molar refractivity (Wildman–Crippen MR) is 76.3 cm³/mol. The molecule has 0 aromatic heterocycles. The highest BCUT2D eigenvalue weighted by molar-refractivity contribution is 7.80. The highest BCUT2D eigenvalue weighted by atomic mass is 32.1. The first kappa shape index (κ1) is 13.3. The molecule has 2 rings (SSSR count). The first-order chi connectivity index (χ1) is 8.60. The third kappa shape index (κ3) is 3.00. The molecule has 1 aromatic carbocycles. The van der Waals surface area contributed by atoms with Crippen LogP contribution in [0.4, 0.5) is 0 Å². The Morgan fingerprint density at radius 3 is 2.61 bits per heavy atom. The second kappa shape index (κ2) is 5.67. The number of nitrogens with zero attached hydrogens (tertiary/aromatic N) is 1. The molecule has 0 aliphatic carbocycles. The van der Waals surface area contributed by atoms with Gasteiger partial charge in [0, 0.05) is 18.7 Å². The molecule has 2 atom stereocenters. The van der Waals surface area contributed by atoms with E-state index >= 15 is 0 Å². The summed E-state index contributed by atoms with van der Waals surface area (Å²) in [5.74, 6) is 0.837. The number of rotatable bonds is 2. The van der Waals surface area contributed by atoms with Crippen molar-refractivity contribution in [3.63, 3.8) is 0 Å². The van der Waals surface area contributed by atoms with E-state index in [1.165, 1.54) is 0 Å². The molecule has 1 aliphatic heterocycles. The summed E-state index contributed by atoms with van der Waals surface area (Å²) in [6, 6.07) is 7.90. The van der Waals surface area contributed by atoms with Crippen LogP contribution in [0.25, 0.3) is 0 Å². The Bertz CT molecular complexity index is 426. The van der Waals surface area contributed by atoms with E-state index < -0.39 is 0 Å². The van der Waals surface area contributed by atoms with E-state index in [2.05, 4.69) is 18.7 Å². The molecule has 1 aliphatic rings. The number of methoxy groups -OCH3 is 1. The largest absolute Gasteiger partial charge is 0.497 e. The fourth-order valence-corrected chi connectivity index (χ4v) is 2.56. The fourth-order valence-electron chi connectivity index (χ4n) is 2.28. The maximum absolute atomic E-state index is 5.72. The number of ether oxygens (including phenoxy) is 2. The molecule has 0 bridgehead atoms. The van der Waals surface area contributed by atoms with Crippen LogP contribution < -0.4 is 4.74 Å². The molecule has 98 valence electrons. The van der Waals surface area contributed by atoms with E-state index in [0.717, 1.165) is 29.4 Å². The van der Waals surface area contributed by atoms with Crippen LogP contribution in [0, 0.1) is 0 Å². The van der Waals surface area contributed by atoms with Gasteiger partial charge in [-0.05, 0) is 26.0 Å². The Balaban J connectivity index is 2.14. The zero-order valence-electron chi connectivity index (χ0n) is 11.1. The molecule has 1 aromatic rings. The third-order valence-electron chi connectivity index (χ3n) is 3.02. The Morgan fingerprint density at radius 1 is 1.33 bits per heavy atom. The van der Waals surface area contributed by atoms with Gasteiger partial charge in [-0.1, -0.05) is 24.4 Å². The SMILES string of the molecule is COc1cccc(C(=S)N2C[C@H](C)O[C@@H](C)C2)c1. The number of morpholine rings is 1. The van der Waals surface area contributed by atoms with E-state index in [4.69, 9.17) is 21.7 Å². The second-order valence-electron chi connectivity index (χ2n) is 4.70. The molecule has 0 N–H and O–H groups in total. The quantitative estimate of drug-likeness (QED) is 0.766. The molecule has 0 amide bonds. The molecule has 0 spiro atoms. The molecule has 0 saturated carbocycles. The van der Waals surface area contributed by atoms with Crippen molar-refractivity contribution in [1.29, 1.82) is 0 Å². The van der Waals surface area contributed by atoms with Crippen LogP contribution in [0.2, 0.25) is 0 Å². The molecular weight excluding hydrogens is 246 g/mol. The zero-order chi connectivity index (χ0) is 13.1. The standard InChI is InChI=1S/C14H19NO2S/c1-10-8-15(9-11(2)17-10)14(18)12-5-4-6-13(7-12)16-3/h4-7,10-11H,8-9H2,1-3H3/t10-,11-/m0/s1. The molecular formula is C14H19NO2S. The van der Waals surface area contributed by atoms with E-state index in [0.29, 0.717) is 0 Å². The average molecular weight is 265 g/mol. The molecule has 1 fully saturated rings. The van der Waals surface area contributed by atoms with Gasteiger partial charge < -0.3 is 14.4 Å². The molecule has 1 saturated heterocycles. The monoisotopic (exact) mass is 265 g/mol. The van der Waals surface area contributed by atoms with Gasteiger partial charge in [-0.15, -0.1) is 0 Å². The first-order valence-corrected chi connectivity index (χ1v) is 6.59. The summed E-state index contributed by atoms with van der Waals surface area (Å²) >= 11 is 5.57. The van der Waals surface area contributed by atoms with Crippen LogP contribution >= 0.6 is 12.2 Å². The van der Waals surface area contributed by atoms with Crippen LogP contribution in [-0.4, -0.2) is 42.3 Å². The van der Waals surface area contributed by atoms with Crippen molar-refractivity contribution in [3.8, 4) is 5.75 Å². The fraction of sp³-hybridized carbons (Fsp3) is 0.500. The lowest BCUT2D eigenvalue weighted by molar-refractivity contribution is -0.0472. The van der Waals surface area contributed by atoms with E-state index in [1.807, 2.05) is 24.3 Å². The zero-order valence-corrected chi connectivity index (χ0v) is 11.9. The Hall–Kier alpha value is -1.13. The minimum Gasteiger partial charge on any atom is -0.497 e. The van der Waals surface area contributed by atoms with E-state index in [1.54, 1.807) is 7.11 Å². The average Bonchev–Trinajstić information content (AvgIpc) is 2.37. The molecule has 3 nitrogen and oxygen atoms in total. The van der Waals surface area contributed by atoms with Gasteiger partial charge in [-0.2, -0.15) is 0 Å². The van der Waals surface area contributed by atoms with Gasteiger partial charge in [0.1, 0.15) is 10.7 Å². The molecule has 1 heterocycles. The lowest BCUT2D eigenvalue weighted by Gasteiger charge is -2.37. The normalized spacial score (nSPS) is 23.8. The summed E-state index contributed by atoms with van der Waals surface area (Å²) in [6.45, 7) is 5.86. The van der Waals surface area contributed by atoms with Gasteiger partial charge in [0.2, 0.25) is 0 Å². The highest BCUT2D eigenvalue weighted by Crippen LogP contribution is 2.18. The van der Waals surface area contributed by atoms with Gasteiger partial charge in [0.05, 0.1) is 19.3 Å². The lowest BCUT2D eigenvalue weighted by Crippen LogP contribution is -2.47. The molecule has 0 radical (unpaired) electrons. The van der Waals surface area contributed by atoms with Crippen LogP contribution in [0.15, 0.2) is 24.3 Å². The first-order valence-electron chi connectivity index (χ1n) is 6.19. The number of hydrogen-bond acceptors (Lipinski definition) is 3. The number of benzene rings is 1. The van der Waals surface area contributed by atoms with E-state index in [9.17, 15) is 0 Å². The summed E-state index contributed by atoms with van der Waals surface area (Å²) in [6.07, 6.45) is 0.439. The predicted octanol–water partition coefficient (Wildman–Crippen LogP) is 2.48. The number of thiocarbonyl (C=S) groups is 1. The van der Waals surface area contributed by atoms with Crippen molar-refractivity contribution in [3.05, 3.63) is 29.8 Å². The molecule has 18 heavy (non-hydrogen) atoms. The van der Waals surface area contributed by atoms with Gasteiger partial charge in [-0.25, -0.2) is 0 Å². The van der Waals surface area contributed by atoms with Gasteiger partial charge >= 0.3 is 0 Å². The summed E-state index contributed by atoms with van der Waals surface area (Å²) in [7, 11) is 1.67. The van der Waals surface area contributed by atoms with Gasteiger partial charge in [-0.3, -0.25) is 0 Å². The van der Waals surface area contributed by atoms with Crippen molar-refractivity contribution < 1.29 is 9.47 Å². The minimum atomic E-state index is 0.220. The maximum Gasteiger partial charge on any atom is 0.119 e. The van der Waals surface area contributed by atoms with Crippen LogP contribution in [0.1, 0.15) is 19.4 Å². The van der Waals surface area contributed by atoms with Crippen molar-refractivity contribution in [2.45, 2.75) is 26.1 Å². The Labute approximate surface area is 114 Å². The smallest absolute Gasteiger partial charge is 0.119 e. The summed E-state index contributed by atoms with van der Waals surface area (Å²) in [5, 5.41) is 0. The van der Waals surface area contributed by atoms with Gasteiger partial charge in [0.25, 0.3) is 0 Å².